The van der Waals surface area contributed by atoms with E-state index in [9.17, 15) is 4.79 Å². The number of likely N-dealkylation sites (N-methyl/N-ethyl adjacent to an activating group) is 2. The van der Waals surface area contributed by atoms with Crippen molar-refractivity contribution in [1.29, 1.82) is 0 Å². The molecule has 0 bridgehead atoms. The molecule has 0 saturated heterocycles. The molecule has 17 heavy (non-hydrogen) atoms. The fourth-order valence-corrected chi connectivity index (χ4v) is 2.11. The van der Waals surface area contributed by atoms with Crippen LogP contribution in [0.5, 0.6) is 0 Å². The molecule has 94 valence electrons. The summed E-state index contributed by atoms with van der Waals surface area (Å²) in [7, 11) is 5.83. The van der Waals surface area contributed by atoms with E-state index in [0.717, 1.165) is 28.7 Å². The third-order valence-corrected chi connectivity index (χ3v) is 3.24. The van der Waals surface area contributed by atoms with Gasteiger partial charge in [0.15, 0.2) is 0 Å². The van der Waals surface area contributed by atoms with E-state index in [4.69, 9.17) is 0 Å². The van der Waals surface area contributed by atoms with E-state index < -0.39 is 0 Å². The van der Waals surface area contributed by atoms with Gasteiger partial charge < -0.3 is 9.80 Å². The number of halogens is 1. The third kappa shape index (κ3) is 4.13. The van der Waals surface area contributed by atoms with Gasteiger partial charge in [-0.1, -0.05) is 6.07 Å². The largest absolute Gasteiger partial charge is 0.340 e. The van der Waals surface area contributed by atoms with E-state index in [1.54, 1.807) is 4.90 Å². The number of carbonyl (C=O) groups is 1. The number of amides is 1. The molecule has 0 atom stereocenters. The van der Waals surface area contributed by atoms with Crippen molar-refractivity contribution in [2.24, 2.45) is 0 Å². The molecule has 0 aliphatic heterocycles. The van der Waals surface area contributed by atoms with Crippen molar-refractivity contribution in [2.45, 2.75) is 6.92 Å². The molecule has 0 unspecified atom stereocenters. The Bertz CT molecular complexity index is 404. The lowest BCUT2D eigenvalue weighted by Gasteiger charge is -2.20. The quantitative estimate of drug-likeness (QED) is 0.852. The zero-order valence-electron chi connectivity index (χ0n) is 10.8. The number of aryl methyl sites for hydroxylation is 1. The standard InChI is InChI=1S/C13H19BrN2O/c1-10-5-6-11(12(14)9-10)13(17)16(4)8-7-15(2)3/h5-6,9H,7-8H2,1-4H3. The Labute approximate surface area is 112 Å². The number of benzene rings is 1. The topological polar surface area (TPSA) is 23.6 Å². The molecule has 1 amide bonds. The lowest BCUT2D eigenvalue weighted by molar-refractivity contribution is 0.0785. The predicted octanol–water partition coefficient (Wildman–Crippen LogP) is 2.39. The van der Waals surface area contributed by atoms with Crippen LogP contribution in [0.25, 0.3) is 0 Å². The van der Waals surface area contributed by atoms with Gasteiger partial charge in [0.1, 0.15) is 0 Å². The van der Waals surface area contributed by atoms with E-state index in [-0.39, 0.29) is 5.91 Å². The summed E-state index contributed by atoms with van der Waals surface area (Å²) in [6, 6.07) is 5.79. The first-order valence-corrected chi connectivity index (χ1v) is 6.37. The summed E-state index contributed by atoms with van der Waals surface area (Å²) in [5.41, 5.74) is 1.86. The second-order valence-electron chi connectivity index (χ2n) is 4.51. The number of nitrogens with zero attached hydrogens (tertiary/aromatic N) is 2. The average molecular weight is 299 g/mol. The summed E-state index contributed by atoms with van der Waals surface area (Å²) in [5.74, 6) is 0.0544. The molecule has 0 N–H and O–H groups in total. The Morgan fingerprint density at radius 2 is 1.88 bits per heavy atom. The van der Waals surface area contributed by atoms with Crippen LogP contribution in [0.4, 0.5) is 0 Å². The summed E-state index contributed by atoms with van der Waals surface area (Å²) < 4.78 is 0.860. The van der Waals surface area contributed by atoms with E-state index in [1.165, 1.54) is 0 Å². The van der Waals surface area contributed by atoms with E-state index in [2.05, 4.69) is 20.8 Å². The highest BCUT2D eigenvalue weighted by atomic mass is 79.9. The van der Waals surface area contributed by atoms with Crippen LogP contribution in [0.2, 0.25) is 0 Å². The fraction of sp³-hybridized carbons (Fsp3) is 0.462. The Morgan fingerprint density at radius 3 is 2.41 bits per heavy atom. The first-order chi connectivity index (χ1) is 7.91. The van der Waals surface area contributed by atoms with Crippen molar-refractivity contribution >= 4 is 21.8 Å². The number of rotatable bonds is 4. The van der Waals surface area contributed by atoms with Crippen LogP contribution in [-0.4, -0.2) is 49.9 Å². The van der Waals surface area contributed by atoms with Gasteiger partial charge in [-0.3, -0.25) is 4.79 Å². The number of carbonyl (C=O) groups excluding carboxylic acids is 1. The minimum absolute atomic E-state index is 0.0544. The second kappa shape index (κ2) is 6.17. The maximum absolute atomic E-state index is 12.2. The monoisotopic (exact) mass is 298 g/mol. The first-order valence-electron chi connectivity index (χ1n) is 5.58. The van der Waals surface area contributed by atoms with Crippen molar-refractivity contribution in [1.82, 2.24) is 9.80 Å². The van der Waals surface area contributed by atoms with Crippen LogP contribution >= 0.6 is 15.9 Å². The zero-order chi connectivity index (χ0) is 13.0. The predicted molar refractivity (Wildman–Crippen MR) is 74.4 cm³/mol. The Balaban J connectivity index is 2.75. The molecular weight excluding hydrogens is 280 g/mol. The lowest BCUT2D eigenvalue weighted by Crippen LogP contribution is -2.33. The molecule has 3 nitrogen and oxygen atoms in total. The molecule has 0 aliphatic rings. The fourth-order valence-electron chi connectivity index (χ4n) is 1.45. The number of hydrogen-bond donors (Lipinski definition) is 0. The Hall–Kier alpha value is -0.870. The SMILES string of the molecule is Cc1ccc(C(=O)N(C)CCN(C)C)c(Br)c1. The molecule has 0 fully saturated rings. The normalized spacial score (nSPS) is 10.7. The first kappa shape index (κ1) is 14.2. The van der Waals surface area contributed by atoms with Gasteiger partial charge in [-0.2, -0.15) is 0 Å². The molecule has 0 saturated carbocycles. The van der Waals surface area contributed by atoms with Gasteiger partial charge in [-0.05, 0) is 54.6 Å². The van der Waals surface area contributed by atoms with Crippen molar-refractivity contribution in [3.05, 3.63) is 33.8 Å². The molecule has 0 radical (unpaired) electrons. The molecule has 0 heterocycles. The summed E-state index contributed by atoms with van der Waals surface area (Å²) in [5, 5.41) is 0. The molecule has 0 aromatic heterocycles. The maximum atomic E-state index is 12.2. The highest BCUT2D eigenvalue weighted by Crippen LogP contribution is 2.19. The van der Waals surface area contributed by atoms with Gasteiger partial charge in [0.2, 0.25) is 0 Å². The van der Waals surface area contributed by atoms with Crippen molar-refractivity contribution in [2.75, 3.05) is 34.2 Å². The van der Waals surface area contributed by atoms with Crippen LogP contribution in [0, 0.1) is 6.92 Å². The second-order valence-corrected chi connectivity index (χ2v) is 5.37. The van der Waals surface area contributed by atoms with Crippen LogP contribution in [0.3, 0.4) is 0 Å². The van der Waals surface area contributed by atoms with Gasteiger partial charge in [-0.15, -0.1) is 0 Å². The van der Waals surface area contributed by atoms with Crippen LogP contribution in [-0.2, 0) is 0 Å². The van der Waals surface area contributed by atoms with E-state index >= 15 is 0 Å². The van der Waals surface area contributed by atoms with Crippen molar-refractivity contribution < 1.29 is 4.79 Å². The van der Waals surface area contributed by atoms with Crippen molar-refractivity contribution in [3.63, 3.8) is 0 Å². The van der Waals surface area contributed by atoms with Gasteiger partial charge >= 0.3 is 0 Å². The highest BCUT2D eigenvalue weighted by molar-refractivity contribution is 9.10. The Kier molecular flexibility index (Phi) is 5.15. The van der Waals surface area contributed by atoms with Crippen LogP contribution in [0.15, 0.2) is 22.7 Å². The molecular formula is C13H19BrN2O. The van der Waals surface area contributed by atoms with Gasteiger partial charge in [0.25, 0.3) is 5.91 Å². The summed E-state index contributed by atoms with van der Waals surface area (Å²) >= 11 is 3.44. The summed E-state index contributed by atoms with van der Waals surface area (Å²) in [4.78, 5) is 16.0. The van der Waals surface area contributed by atoms with Crippen LogP contribution < -0.4 is 0 Å². The molecule has 1 rings (SSSR count). The van der Waals surface area contributed by atoms with E-state index in [0.29, 0.717) is 0 Å². The number of hydrogen-bond acceptors (Lipinski definition) is 2. The minimum atomic E-state index is 0.0544. The smallest absolute Gasteiger partial charge is 0.254 e. The molecule has 1 aromatic carbocycles. The molecule has 0 spiro atoms. The van der Waals surface area contributed by atoms with Gasteiger partial charge in [0.05, 0.1) is 5.56 Å². The molecule has 0 aliphatic carbocycles. The average Bonchev–Trinajstić information content (AvgIpc) is 2.25. The maximum Gasteiger partial charge on any atom is 0.254 e. The molecule has 4 heteroatoms. The minimum Gasteiger partial charge on any atom is -0.340 e. The third-order valence-electron chi connectivity index (χ3n) is 2.58. The summed E-state index contributed by atoms with van der Waals surface area (Å²) in [6.45, 7) is 3.60. The van der Waals surface area contributed by atoms with Gasteiger partial charge in [-0.25, -0.2) is 0 Å². The summed E-state index contributed by atoms with van der Waals surface area (Å²) in [6.07, 6.45) is 0. The van der Waals surface area contributed by atoms with Crippen LogP contribution in [0.1, 0.15) is 15.9 Å². The van der Waals surface area contributed by atoms with Gasteiger partial charge in [0, 0.05) is 24.6 Å². The highest BCUT2D eigenvalue weighted by Gasteiger charge is 2.14. The van der Waals surface area contributed by atoms with Crippen molar-refractivity contribution in [3.8, 4) is 0 Å². The van der Waals surface area contributed by atoms with E-state index in [1.807, 2.05) is 46.3 Å². The molecule has 1 aromatic rings. The Morgan fingerprint density at radius 1 is 1.24 bits per heavy atom. The lowest BCUT2D eigenvalue weighted by atomic mass is 10.1. The zero-order valence-corrected chi connectivity index (χ0v) is 12.4.